The van der Waals surface area contributed by atoms with Gasteiger partial charge in [0.05, 0.1) is 32.8 Å². The van der Waals surface area contributed by atoms with Crippen LogP contribution >= 0.6 is 0 Å². The average Bonchev–Trinajstić information content (AvgIpc) is 3.25. The monoisotopic (exact) mass is 271 g/mol. The largest absolute Gasteiger partial charge is 0.466 e. The van der Waals surface area contributed by atoms with Gasteiger partial charge in [0.1, 0.15) is 0 Å². The van der Waals surface area contributed by atoms with Crippen molar-refractivity contribution < 1.29 is 23.8 Å². The van der Waals surface area contributed by atoms with Crippen LogP contribution in [0.25, 0.3) is 0 Å². The van der Waals surface area contributed by atoms with E-state index in [9.17, 15) is 9.59 Å². The molecule has 0 bridgehead atoms. The van der Waals surface area contributed by atoms with Gasteiger partial charge in [0, 0.05) is 12.6 Å². The summed E-state index contributed by atoms with van der Waals surface area (Å²) in [6.45, 7) is 3.84. The van der Waals surface area contributed by atoms with E-state index in [-0.39, 0.29) is 24.3 Å². The van der Waals surface area contributed by atoms with Gasteiger partial charge in [-0.25, -0.2) is 0 Å². The summed E-state index contributed by atoms with van der Waals surface area (Å²) in [6, 6.07) is 0.257. The Hall–Kier alpha value is -1.14. The van der Waals surface area contributed by atoms with Crippen LogP contribution in [0.3, 0.4) is 0 Å². The van der Waals surface area contributed by atoms with Crippen LogP contribution in [0, 0.1) is 0 Å². The Bertz CT molecular complexity index is 323. The molecule has 108 valence electrons. The molecule has 0 unspecified atom stereocenters. The third-order valence-electron chi connectivity index (χ3n) is 3.22. The molecule has 0 aromatic carbocycles. The van der Waals surface area contributed by atoms with Gasteiger partial charge in [-0.15, -0.1) is 0 Å². The van der Waals surface area contributed by atoms with Crippen molar-refractivity contribution in [3.63, 3.8) is 0 Å². The number of nitrogens with zero attached hydrogens (tertiary/aromatic N) is 1. The lowest BCUT2D eigenvalue weighted by molar-refractivity contribution is -0.159. The zero-order valence-electron chi connectivity index (χ0n) is 11.3. The standard InChI is InChI=1S/C13H21NO5/c1-2-18-12(15)5-6-14(10-3-4-10)13(16)11-9-17-7-8-19-11/h10-11H,2-9H2,1H3/t11-/m0/s1. The molecule has 1 saturated carbocycles. The maximum Gasteiger partial charge on any atom is 0.307 e. The molecule has 0 radical (unpaired) electrons. The number of carbonyl (C=O) groups is 2. The van der Waals surface area contributed by atoms with E-state index in [0.717, 1.165) is 12.8 Å². The van der Waals surface area contributed by atoms with E-state index < -0.39 is 6.10 Å². The van der Waals surface area contributed by atoms with Gasteiger partial charge in [-0.05, 0) is 19.8 Å². The van der Waals surface area contributed by atoms with Gasteiger partial charge >= 0.3 is 5.97 Å². The molecule has 0 aromatic heterocycles. The number of hydrogen-bond donors (Lipinski definition) is 0. The molecule has 0 aromatic rings. The van der Waals surface area contributed by atoms with E-state index in [4.69, 9.17) is 14.2 Å². The first-order chi connectivity index (χ1) is 9.22. The van der Waals surface area contributed by atoms with E-state index in [1.807, 2.05) is 0 Å². The SMILES string of the molecule is CCOC(=O)CCN(C(=O)[C@@H]1COCCO1)C1CC1. The number of rotatable bonds is 6. The molecule has 1 aliphatic heterocycles. The van der Waals surface area contributed by atoms with E-state index in [0.29, 0.717) is 33.0 Å². The van der Waals surface area contributed by atoms with Gasteiger partial charge in [-0.3, -0.25) is 9.59 Å². The second-order valence-corrected chi connectivity index (χ2v) is 4.75. The summed E-state index contributed by atoms with van der Waals surface area (Å²) in [6.07, 6.45) is 1.73. The highest BCUT2D eigenvalue weighted by Crippen LogP contribution is 2.28. The van der Waals surface area contributed by atoms with Gasteiger partial charge in [0.2, 0.25) is 0 Å². The molecule has 1 atom stereocenters. The predicted molar refractivity (Wildman–Crippen MR) is 66.5 cm³/mol. The Kier molecular flexibility index (Phi) is 5.15. The van der Waals surface area contributed by atoms with Crippen molar-refractivity contribution in [2.24, 2.45) is 0 Å². The highest BCUT2D eigenvalue weighted by molar-refractivity contribution is 5.82. The molecule has 6 nitrogen and oxygen atoms in total. The fourth-order valence-corrected chi connectivity index (χ4v) is 2.12. The van der Waals surface area contributed by atoms with Crippen LogP contribution in [0.15, 0.2) is 0 Å². The van der Waals surface area contributed by atoms with Crippen LogP contribution in [-0.4, -0.2) is 61.9 Å². The van der Waals surface area contributed by atoms with Gasteiger partial charge in [-0.1, -0.05) is 0 Å². The summed E-state index contributed by atoms with van der Waals surface area (Å²) in [5, 5.41) is 0. The van der Waals surface area contributed by atoms with Crippen LogP contribution in [0.4, 0.5) is 0 Å². The van der Waals surface area contributed by atoms with Gasteiger partial charge < -0.3 is 19.1 Å². The minimum atomic E-state index is -0.517. The molecule has 0 N–H and O–H groups in total. The van der Waals surface area contributed by atoms with Crippen LogP contribution in [-0.2, 0) is 23.8 Å². The highest BCUT2D eigenvalue weighted by atomic mass is 16.6. The van der Waals surface area contributed by atoms with Gasteiger partial charge in [0.25, 0.3) is 5.91 Å². The predicted octanol–water partition coefficient (Wildman–Crippen LogP) is 0.346. The molecule has 19 heavy (non-hydrogen) atoms. The fraction of sp³-hybridized carbons (Fsp3) is 0.846. The Morgan fingerprint density at radius 1 is 1.32 bits per heavy atom. The van der Waals surface area contributed by atoms with Crippen molar-refractivity contribution in [3.8, 4) is 0 Å². The van der Waals surface area contributed by atoms with Crippen molar-refractivity contribution in [1.29, 1.82) is 0 Å². The number of amides is 1. The van der Waals surface area contributed by atoms with Crippen molar-refractivity contribution in [3.05, 3.63) is 0 Å². The Labute approximate surface area is 113 Å². The van der Waals surface area contributed by atoms with E-state index in [1.54, 1.807) is 11.8 Å². The summed E-state index contributed by atoms with van der Waals surface area (Å²) in [5.41, 5.74) is 0. The summed E-state index contributed by atoms with van der Waals surface area (Å²) >= 11 is 0. The molecule has 2 aliphatic rings. The van der Waals surface area contributed by atoms with Crippen molar-refractivity contribution in [1.82, 2.24) is 4.90 Å². The quantitative estimate of drug-likeness (QED) is 0.652. The molecule has 2 rings (SSSR count). The fourth-order valence-electron chi connectivity index (χ4n) is 2.12. The topological polar surface area (TPSA) is 65.1 Å². The van der Waals surface area contributed by atoms with Crippen molar-refractivity contribution in [2.75, 3.05) is 33.0 Å². The van der Waals surface area contributed by atoms with Gasteiger partial charge in [0.15, 0.2) is 6.10 Å². The summed E-state index contributed by atoms with van der Waals surface area (Å²) in [4.78, 5) is 25.4. The third-order valence-corrected chi connectivity index (χ3v) is 3.22. The zero-order valence-corrected chi connectivity index (χ0v) is 11.3. The maximum atomic E-state index is 12.3. The van der Waals surface area contributed by atoms with E-state index >= 15 is 0 Å². The van der Waals surface area contributed by atoms with Crippen LogP contribution < -0.4 is 0 Å². The van der Waals surface area contributed by atoms with Gasteiger partial charge in [-0.2, -0.15) is 0 Å². The maximum absolute atomic E-state index is 12.3. The highest BCUT2D eigenvalue weighted by Gasteiger charge is 2.37. The number of ether oxygens (including phenoxy) is 3. The number of hydrogen-bond acceptors (Lipinski definition) is 5. The lowest BCUT2D eigenvalue weighted by atomic mass is 10.2. The van der Waals surface area contributed by atoms with Crippen molar-refractivity contribution >= 4 is 11.9 Å². The molecular weight excluding hydrogens is 250 g/mol. The second kappa shape index (κ2) is 6.86. The first-order valence-electron chi connectivity index (χ1n) is 6.87. The molecule has 1 amide bonds. The minimum Gasteiger partial charge on any atom is -0.466 e. The minimum absolute atomic E-state index is 0.0634. The Balaban J connectivity index is 1.84. The first kappa shape index (κ1) is 14.3. The van der Waals surface area contributed by atoms with Crippen LogP contribution in [0.1, 0.15) is 26.2 Å². The third kappa shape index (κ3) is 4.18. The molecule has 0 spiro atoms. The Morgan fingerprint density at radius 3 is 2.68 bits per heavy atom. The molecular formula is C13H21NO5. The molecule has 2 fully saturated rings. The molecule has 1 aliphatic carbocycles. The van der Waals surface area contributed by atoms with Crippen LogP contribution in [0.2, 0.25) is 0 Å². The Morgan fingerprint density at radius 2 is 2.11 bits per heavy atom. The van der Waals surface area contributed by atoms with E-state index in [2.05, 4.69) is 0 Å². The molecule has 1 saturated heterocycles. The van der Waals surface area contributed by atoms with Crippen LogP contribution in [0.5, 0.6) is 0 Å². The van der Waals surface area contributed by atoms with Crippen molar-refractivity contribution in [2.45, 2.75) is 38.3 Å². The van der Waals surface area contributed by atoms with E-state index in [1.165, 1.54) is 0 Å². The summed E-state index contributed by atoms with van der Waals surface area (Å²) < 4.78 is 15.6. The second-order valence-electron chi connectivity index (χ2n) is 4.75. The normalized spacial score (nSPS) is 22.9. The number of carbonyl (C=O) groups excluding carboxylic acids is 2. The molecule has 6 heteroatoms. The average molecular weight is 271 g/mol. The lowest BCUT2D eigenvalue weighted by Gasteiger charge is -2.29. The summed E-state index contributed by atoms with van der Waals surface area (Å²) in [5.74, 6) is -0.326. The molecule has 1 heterocycles. The zero-order chi connectivity index (χ0) is 13.7. The smallest absolute Gasteiger partial charge is 0.307 e. The summed E-state index contributed by atoms with van der Waals surface area (Å²) in [7, 11) is 0. The lowest BCUT2D eigenvalue weighted by Crippen LogP contribution is -2.47. The number of esters is 1. The first-order valence-corrected chi connectivity index (χ1v) is 6.87.